The molecule has 6 nitrogen and oxygen atoms in total. The van der Waals surface area contributed by atoms with E-state index in [1.807, 2.05) is 6.92 Å². The molecule has 0 bridgehead atoms. The normalized spacial score (nSPS) is 21.3. The molecule has 2 heterocycles. The van der Waals surface area contributed by atoms with Gasteiger partial charge in [-0.3, -0.25) is 4.90 Å². The molecule has 0 unspecified atom stereocenters. The first-order valence-electron chi connectivity index (χ1n) is 4.07. The van der Waals surface area contributed by atoms with Crippen molar-refractivity contribution < 1.29 is 9.90 Å². The fourth-order valence-electron chi connectivity index (χ4n) is 1.57. The zero-order valence-corrected chi connectivity index (χ0v) is 7.21. The topological polar surface area (TPSA) is 71.2 Å². The molecular weight excluding hydrogens is 172 g/mol. The highest BCUT2D eigenvalue weighted by molar-refractivity contribution is 5.65. The standard InChI is InChI=1S/C7H10N4O2/c1-5-6-8-4-9-11(6)3-2-10(5)7(12)13/h4-5H,2-3H2,1H3,(H,12,13)/t5-/m1/s1. The van der Waals surface area contributed by atoms with Crippen LogP contribution in [0.5, 0.6) is 0 Å². The van der Waals surface area contributed by atoms with Gasteiger partial charge < -0.3 is 5.11 Å². The van der Waals surface area contributed by atoms with Crippen LogP contribution < -0.4 is 0 Å². The quantitative estimate of drug-likeness (QED) is 0.627. The van der Waals surface area contributed by atoms with Crippen molar-refractivity contribution >= 4 is 6.09 Å². The van der Waals surface area contributed by atoms with Gasteiger partial charge >= 0.3 is 6.09 Å². The summed E-state index contributed by atoms with van der Waals surface area (Å²) in [6, 6.07) is -0.200. The van der Waals surface area contributed by atoms with Crippen LogP contribution in [0.15, 0.2) is 6.33 Å². The molecule has 1 atom stereocenters. The Kier molecular flexibility index (Phi) is 1.68. The van der Waals surface area contributed by atoms with Crippen molar-refractivity contribution in [2.45, 2.75) is 19.5 Å². The van der Waals surface area contributed by atoms with Gasteiger partial charge in [-0.2, -0.15) is 5.10 Å². The molecule has 0 fully saturated rings. The number of carbonyl (C=O) groups is 1. The van der Waals surface area contributed by atoms with Gasteiger partial charge in [0.1, 0.15) is 12.2 Å². The van der Waals surface area contributed by atoms with Gasteiger partial charge in [0.2, 0.25) is 0 Å². The number of carboxylic acid groups (broad SMARTS) is 1. The summed E-state index contributed by atoms with van der Waals surface area (Å²) in [6.45, 7) is 2.88. The molecule has 6 heteroatoms. The van der Waals surface area contributed by atoms with E-state index in [0.29, 0.717) is 18.9 Å². The third-order valence-corrected chi connectivity index (χ3v) is 2.29. The maximum Gasteiger partial charge on any atom is 0.407 e. The molecule has 1 aliphatic heterocycles. The first-order chi connectivity index (χ1) is 6.20. The Morgan fingerprint density at radius 1 is 1.69 bits per heavy atom. The van der Waals surface area contributed by atoms with Gasteiger partial charge in [-0.05, 0) is 6.92 Å². The molecule has 0 spiro atoms. The summed E-state index contributed by atoms with van der Waals surface area (Å²) in [6.07, 6.45) is 0.554. The maximum absolute atomic E-state index is 10.8. The van der Waals surface area contributed by atoms with Crippen molar-refractivity contribution in [3.8, 4) is 0 Å². The van der Waals surface area contributed by atoms with Gasteiger partial charge in [0.05, 0.1) is 12.6 Å². The SMILES string of the molecule is C[C@@H]1c2ncnn2CCN1C(=O)O. The molecule has 1 aliphatic rings. The van der Waals surface area contributed by atoms with E-state index in [4.69, 9.17) is 5.11 Å². The second-order valence-electron chi connectivity index (χ2n) is 2.99. The number of fused-ring (bicyclic) bond motifs is 1. The highest BCUT2D eigenvalue weighted by Crippen LogP contribution is 2.21. The lowest BCUT2D eigenvalue weighted by Crippen LogP contribution is -2.40. The smallest absolute Gasteiger partial charge is 0.407 e. The molecule has 2 rings (SSSR count). The zero-order chi connectivity index (χ0) is 9.42. The minimum Gasteiger partial charge on any atom is -0.465 e. The number of aromatic nitrogens is 3. The molecule has 0 radical (unpaired) electrons. The van der Waals surface area contributed by atoms with Crippen LogP contribution in [0.3, 0.4) is 0 Å². The summed E-state index contributed by atoms with van der Waals surface area (Å²) in [5, 5.41) is 12.8. The predicted molar refractivity (Wildman–Crippen MR) is 43.2 cm³/mol. The lowest BCUT2D eigenvalue weighted by molar-refractivity contribution is 0.111. The number of hydrogen-bond acceptors (Lipinski definition) is 3. The summed E-state index contributed by atoms with van der Waals surface area (Å²) < 4.78 is 1.74. The van der Waals surface area contributed by atoms with Crippen LogP contribution in [0.1, 0.15) is 18.8 Å². The first-order valence-corrected chi connectivity index (χ1v) is 4.07. The van der Waals surface area contributed by atoms with Crippen LogP contribution in [0.2, 0.25) is 0 Å². The van der Waals surface area contributed by atoms with E-state index in [1.165, 1.54) is 11.2 Å². The second-order valence-corrected chi connectivity index (χ2v) is 2.99. The van der Waals surface area contributed by atoms with Gasteiger partial charge in [-0.1, -0.05) is 0 Å². The Bertz CT molecular complexity index is 335. The van der Waals surface area contributed by atoms with Crippen molar-refractivity contribution in [3.05, 3.63) is 12.2 Å². The number of hydrogen-bond donors (Lipinski definition) is 1. The molecule has 0 saturated carbocycles. The average molecular weight is 182 g/mol. The Morgan fingerprint density at radius 2 is 2.46 bits per heavy atom. The van der Waals surface area contributed by atoms with Gasteiger partial charge in [0.25, 0.3) is 0 Å². The zero-order valence-electron chi connectivity index (χ0n) is 7.21. The van der Waals surface area contributed by atoms with E-state index >= 15 is 0 Å². The Hall–Kier alpha value is -1.59. The summed E-state index contributed by atoms with van der Waals surface area (Å²) in [7, 11) is 0. The Balaban J connectivity index is 2.32. The van der Waals surface area contributed by atoms with E-state index < -0.39 is 6.09 Å². The van der Waals surface area contributed by atoms with Crippen molar-refractivity contribution in [2.75, 3.05) is 6.54 Å². The van der Waals surface area contributed by atoms with Gasteiger partial charge in [-0.15, -0.1) is 0 Å². The molecule has 1 aromatic heterocycles. The number of rotatable bonds is 0. The van der Waals surface area contributed by atoms with E-state index in [2.05, 4.69) is 10.1 Å². The van der Waals surface area contributed by atoms with Crippen molar-refractivity contribution in [1.82, 2.24) is 19.7 Å². The molecular formula is C7H10N4O2. The van der Waals surface area contributed by atoms with Crippen LogP contribution in [-0.4, -0.2) is 37.4 Å². The monoisotopic (exact) mass is 182 g/mol. The lowest BCUT2D eigenvalue weighted by Gasteiger charge is -2.30. The van der Waals surface area contributed by atoms with Crippen molar-refractivity contribution in [2.24, 2.45) is 0 Å². The molecule has 70 valence electrons. The fraction of sp³-hybridized carbons (Fsp3) is 0.571. The van der Waals surface area contributed by atoms with E-state index in [9.17, 15) is 4.79 Å². The van der Waals surface area contributed by atoms with Crippen LogP contribution in [-0.2, 0) is 6.54 Å². The minimum atomic E-state index is -0.901. The van der Waals surface area contributed by atoms with Crippen molar-refractivity contribution in [1.29, 1.82) is 0 Å². The van der Waals surface area contributed by atoms with E-state index in [-0.39, 0.29) is 6.04 Å². The van der Waals surface area contributed by atoms with Gasteiger partial charge in [0.15, 0.2) is 0 Å². The molecule has 0 saturated heterocycles. The van der Waals surface area contributed by atoms with Crippen LogP contribution in [0.25, 0.3) is 0 Å². The van der Waals surface area contributed by atoms with Gasteiger partial charge in [-0.25, -0.2) is 14.5 Å². The third-order valence-electron chi connectivity index (χ3n) is 2.29. The van der Waals surface area contributed by atoms with E-state index in [0.717, 1.165) is 0 Å². The second kappa shape index (κ2) is 2.72. The summed E-state index contributed by atoms with van der Waals surface area (Å²) >= 11 is 0. The fourth-order valence-corrected chi connectivity index (χ4v) is 1.57. The van der Waals surface area contributed by atoms with E-state index in [1.54, 1.807) is 4.68 Å². The lowest BCUT2D eigenvalue weighted by atomic mass is 10.2. The molecule has 1 amide bonds. The predicted octanol–water partition coefficient (Wildman–Crippen LogP) is 0.333. The Morgan fingerprint density at radius 3 is 3.15 bits per heavy atom. The number of amides is 1. The first kappa shape index (κ1) is 8.03. The molecule has 1 aromatic rings. The average Bonchev–Trinajstić information content (AvgIpc) is 2.52. The number of nitrogens with zero attached hydrogens (tertiary/aromatic N) is 4. The molecule has 0 aliphatic carbocycles. The van der Waals surface area contributed by atoms with Crippen LogP contribution >= 0.6 is 0 Å². The molecule has 0 aromatic carbocycles. The van der Waals surface area contributed by atoms with Crippen molar-refractivity contribution in [3.63, 3.8) is 0 Å². The van der Waals surface area contributed by atoms with Gasteiger partial charge in [0, 0.05) is 6.54 Å². The maximum atomic E-state index is 10.8. The highest BCUT2D eigenvalue weighted by atomic mass is 16.4. The summed E-state index contributed by atoms with van der Waals surface area (Å²) in [4.78, 5) is 16.1. The van der Waals surface area contributed by atoms with Crippen LogP contribution in [0.4, 0.5) is 4.79 Å². The minimum absolute atomic E-state index is 0.200. The third kappa shape index (κ3) is 1.14. The molecule has 1 N–H and O–H groups in total. The molecule has 13 heavy (non-hydrogen) atoms. The Labute approximate surface area is 74.8 Å². The summed E-state index contributed by atoms with van der Waals surface area (Å²) in [5.41, 5.74) is 0. The van der Waals surface area contributed by atoms with Crippen LogP contribution in [0, 0.1) is 0 Å². The summed E-state index contributed by atoms with van der Waals surface area (Å²) in [5.74, 6) is 0.716. The highest BCUT2D eigenvalue weighted by Gasteiger charge is 2.28. The largest absolute Gasteiger partial charge is 0.465 e.